The second-order valence-electron chi connectivity index (χ2n) is 4.28. The standard InChI is InChI=1S/C12H17NO2.ClH/c1-10-8-13(2)9-12(14,15-10)11-6-4-3-5-7-11;/h3-7,10,14H,8-9H2,1-2H3;1H. The van der Waals surface area contributed by atoms with Crippen molar-refractivity contribution in [1.29, 1.82) is 0 Å². The molecule has 1 aliphatic heterocycles. The average Bonchev–Trinajstić information content (AvgIpc) is 2.17. The van der Waals surface area contributed by atoms with E-state index in [0.29, 0.717) is 6.54 Å². The minimum Gasteiger partial charge on any atom is -0.361 e. The minimum atomic E-state index is -1.16. The van der Waals surface area contributed by atoms with Gasteiger partial charge in [0.2, 0.25) is 5.79 Å². The van der Waals surface area contributed by atoms with Crippen LogP contribution in [-0.4, -0.2) is 36.2 Å². The third-order valence-electron chi connectivity index (χ3n) is 2.67. The second-order valence-corrected chi connectivity index (χ2v) is 4.28. The predicted octanol–water partition coefficient (Wildman–Crippen LogP) is 1.60. The van der Waals surface area contributed by atoms with E-state index in [9.17, 15) is 5.11 Å². The average molecular weight is 244 g/mol. The summed E-state index contributed by atoms with van der Waals surface area (Å²) in [5.74, 6) is -1.16. The Balaban J connectivity index is 0.00000128. The maximum Gasteiger partial charge on any atom is 0.205 e. The summed E-state index contributed by atoms with van der Waals surface area (Å²) in [5.41, 5.74) is 0.823. The van der Waals surface area contributed by atoms with Crippen LogP contribution < -0.4 is 0 Å². The van der Waals surface area contributed by atoms with Gasteiger partial charge in [-0.25, -0.2) is 0 Å². The molecule has 1 N–H and O–H groups in total. The van der Waals surface area contributed by atoms with Gasteiger partial charge < -0.3 is 9.84 Å². The van der Waals surface area contributed by atoms with Crippen LogP contribution in [0.2, 0.25) is 0 Å². The molecule has 90 valence electrons. The molecule has 0 saturated carbocycles. The largest absolute Gasteiger partial charge is 0.361 e. The summed E-state index contributed by atoms with van der Waals surface area (Å²) in [5, 5.41) is 10.4. The van der Waals surface area contributed by atoms with Crippen molar-refractivity contribution < 1.29 is 9.84 Å². The summed E-state index contributed by atoms with van der Waals surface area (Å²) in [4.78, 5) is 2.08. The molecule has 1 saturated heterocycles. The van der Waals surface area contributed by atoms with Crippen molar-refractivity contribution in [3.63, 3.8) is 0 Å². The smallest absolute Gasteiger partial charge is 0.205 e. The lowest BCUT2D eigenvalue weighted by molar-refractivity contribution is -0.270. The molecule has 1 aromatic rings. The Morgan fingerprint density at radius 1 is 1.38 bits per heavy atom. The van der Waals surface area contributed by atoms with Crippen LogP contribution in [0.5, 0.6) is 0 Å². The van der Waals surface area contributed by atoms with E-state index in [1.807, 2.05) is 44.3 Å². The Kier molecular flexibility index (Phi) is 4.33. The number of likely N-dealkylation sites (N-methyl/N-ethyl adjacent to an activating group) is 1. The zero-order chi connectivity index (χ0) is 10.9. The number of hydrogen-bond acceptors (Lipinski definition) is 3. The maximum atomic E-state index is 10.4. The molecule has 0 radical (unpaired) electrons. The number of morpholine rings is 1. The van der Waals surface area contributed by atoms with Gasteiger partial charge in [0.25, 0.3) is 0 Å². The van der Waals surface area contributed by atoms with Gasteiger partial charge in [-0.05, 0) is 14.0 Å². The SMILES string of the molecule is CC1CN(C)CC(O)(c2ccccc2)O1.Cl. The fraction of sp³-hybridized carbons (Fsp3) is 0.500. The molecular formula is C12H18ClNO2. The van der Waals surface area contributed by atoms with Crippen molar-refractivity contribution in [2.75, 3.05) is 20.1 Å². The van der Waals surface area contributed by atoms with E-state index in [-0.39, 0.29) is 18.5 Å². The number of β-amino-alcohol motifs (C(OH)–C–C–N with tert-alkyl or cyclic N) is 1. The predicted molar refractivity (Wildman–Crippen MR) is 65.6 cm³/mol. The Bertz CT molecular complexity index is 321. The van der Waals surface area contributed by atoms with E-state index >= 15 is 0 Å². The third kappa shape index (κ3) is 2.74. The van der Waals surface area contributed by atoms with Crippen LogP contribution in [0.1, 0.15) is 12.5 Å². The monoisotopic (exact) mass is 243 g/mol. The van der Waals surface area contributed by atoms with Gasteiger partial charge >= 0.3 is 0 Å². The molecule has 0 spiro atoms. The van der Waals surface area contributed by atoms with Crippen LogP contribution in [0, 0.1) is 0 Å². The van der Waals surface area contributed by atoms with Crippen molar-refractivity contribution in [3.05, 3.63) is 35.9 Å². The van der Waals surface area contributed by atoms with Crippen LogP contribution in [0.3, 0.4) is 0 Å². The van der Waals surface area contributed by atoms with Crippen molar-refractivity contribution in [1.82, 2.24) is 4.90 Å². The summed E-state index contributed by atoms with van der Waals surface area (Å²) in [6.45, 7) is 3.35. The molecule has 0 bridgehead atoms. The van der Waals surface area contributed by atoms with Crippen LogP contribution in [0.25, 0.3) is 0 Å². The van der Waals surface area contributed by atoms with Crippen LogP contribution in [0.4, 0.5) is 0 Å². The fourth-order valence-corrected chi connectivity index (χ4v) is 2.13. The number of ether oxygens (including phenoxy) is 1. The molecule has 16 heavy (non-hydrogen) atoms. The van der Waals surface area contributed by atoms with Crippen LogP contribution in [0.15, 0.2) is 30.3 Å². The van der Waals surface area contributed by atoms with E-state index in [2.05, 4.69) is 4.90 Å². The van der Waals surface area contributed by atoms with E-state index < -0.39 is 5.79 Å². The summed E-state index contributed by atoms with van der Waals surface area (Å²) in [6.07, 6.45) is 0.0500. The first-order valence-corrected chi connectivity index (χ1v) is 5.24. The Hall–Kier alpha value is -0.610. The molecule has 1 aliphatic rings. The van der Waals surface area contributed by atoms with Crippen LogP contribution in [-0.2, 0) is 10.5 Å². The van der Waals surface area contributed by atoms with E-state index in [0.717, 1.165) is 12.1 Å². The lowest BCUT2D eigenvalue weighted by atomic mass is 10.0. The lowest BCUT2D eigenvalue weighted by Crippen LogP contribution is -2.51. The maximum absolute atomic E-state index is 10.4. The highest BCUT2D eigenvalue weighted by Gasteiger charge is 2.37. The first-order chi connectivity index (χ1) is 7.10. The van der Waals surface area contributed by atoms with Crippen molar-refractivity contribution >= 4 is 12.4 Å². The van der Waals surface area contributed by atoms with Gasteiger partial charge in [-0.3, -0.25) is 4.90 Å². The molecule has 3 nitrogen and oxygen atoms in total. The highest BCUT2D eigenvalue weighted by molar-refractivity contribution is 5.85. The van der Waals surface area contributed by atoms with Crippen LogP contribution >= 0.6 is 12.4 Å². The van der Waals surface area contributed by atoms with E-state index in [4.69, 9.17) is 4.74 Å². The third-order valence-corrected chi connectivity index (χ3v) is 2.67. The summed E-state index contributed by atoms with van der Waals surface area (Å²) in [7, 11) is 1.99. The summed E-state index contributed by atoms with van der Waals surface area (Å²) >= 11 is 0. The molecule has 2 atom stereocenters. The lowest BCUT2D eigenvalue weighted by Gasteiger charge is -2.41. The fourth-order valence-electron chi connectivity index (χ4n) is 2.13. The number of rotatable bonds is 1. The van der Waals surface area contributed by atoms with Gasteiger partial charge in [-0.1, -0.05) is 30.3 Å². The zero-order valence-corrected chi connectivity index (χ0v) is 10.4. The van der Waals surface area contributed by atoms with Crippen molar-refractivity contribution in [3.8, 4) is 0 Å². The number of hydrogen-bond donors (Lipinski definition) is 1. The minimum absolute atomic E-state index is 0. The highest BCUT2D eigenvalue weighted by Crippen LogP contribution is 2.28. The highest BCUT2D eigenvalue weighted by atomic mass is 35.5. The Labute approximate surface area is 102 Å². The molecule has 0 amide bonds. The number of benzene rings is 1. The van der Waals surface area contributed by atoms with Gasteiger partial charge in [0.15, 0.2) is 0 Å². The molecule has 4 heteroatoms. The molecule has 1 aromatic carbocycles. The Morgan fingerprint density at radius 2 is 2.00 bits per heavy atom. The summed E-state index contributed by atoms with van der Waals surface area (Å²) < 4.78 is 5.64. The number of halogens is 1. The molecule has 0 aliphatic carbocycles. The first kappa shape index (κ1) is 13.5. The molecule has 1 heterocycles. The summed E-state index contributed by atoms with van der Waals surface area (Å²) in [6, 6.07) is 9.55. The van der Waals surface area contributed by atoms with E-state index in [1.165, 1.54) is 0 Å². The normalized spacial score (nSPS) is 30.8. The number of nitrogens with zero attached hydrogens (tertiary/aromatic N) is 1. The zero-order valence-electron chi connectivity index (χ0n) is 9.59. The topological polar surface area (TPSA) is 32.7 Å². The second kappa shape index (κ2) is 5.15. The first-order valence-electron chi connectivity index (χ1n) is 5.24. The van der Waals surface area contributed by atoms with Crippen molar-refractivity contribution in [2.45, 2.75) is 18.8 Å². The van der Waals surface area contributed by atoms with Gasteiger partial charge in [-0.2, -0.15) is 0 Å². The molecule has 0 aromatic heterocycles. The molecule has 2 rings (SSSR count). The van der Waals surface area contributed by atoms with Gasteiger partial charge in [-0.15, -0.1) is 12.4 Å². The van der Waals surface area contributed by atoms with Gasteiger partial charge in [0, 0.05) is 12.1 Å². The van der Waals surface area contributed by atoms with Gasteiger partial charge in [0.1, 0.15) is 0 Å². The Morgan fingerprint density at radius 3 is 2.56 bits per heavy atom. The quantitative estimate of drug-likeness (QED) is 0.814. The molecule has 2 unspecified atom stereocenters. The van der Waals surface area contributed by atoms with E-state index in [1.54, 1.807) is 0 Å². The number of aliphatic hydroxyl groups is 1. The van der Waals surface area contributed by atoms with Crippen molar-refractivity contribution in [2.24, 2.45) is 0 Å². The van der Waals surface area contributed by atoms with Gasteiger partial charge in [0.05, 0.1) is 12.6 Å². The molecule has 1 fully saturated rings. The molecular weight excluding hydrogens is 226 g/mol.